The van der Waals surface area contributed by atoms with Crippen molar-refractivity contribution in [2.24, 2.45) is 11.1 Å². The fourth-order valence-electron chi connectivity index (χ4n) is 2.63. The molecule has 0 saturated heterocycles. The second-order valence-electron chi connectivity index (χ2n) is 4.55. The Morgan fingerprint density at radius 1 is 1.21 bits per heavy atom. The number of carbonyl (C=O) groups is 1. The number of aliphatic carboxylic acids is 1. The van der Waals surface area contributed by atoms with Gasteiger partial charge in [-0.15, -0.1) is 0 Å². The number of fused-ring (bicyclic) bond motifs is 3. The van der Waals surface area contributed by atoms with E-state index in [0.29, 0.717) is 0 Å². The largest absolute Gasteiger partial charge is 0.479 e. The minimum absolute atomic E-state index is 0.135. The predicted molar refractivity (Wildman–Crippen MR) is 71.1 cm³/mol. The molecule has 0 aromatic heterocycles. The fraction of sp³-hybridized carbons (Fsp3) is 0.200. The summed E-state index contributed by atoms with van der Waals surface area (Å²) < 4.78 is 0. The number of rotatable bonds is 3. The summed E-state index contributed by atoms with van der Waals surface area (Å²) >= 11 is 0. The molecule has 0 heterocycles. The second kappa shape index (κ2) is 4.72. The normalized spacial score (nSPS) is 25.2. The number of allylic oxidation sites excluding steroid dienone is 4. The zero-order valence-corrected chi connectivity index (χ0v) is 10.2. The molecule has 0 amide bonds. The van der Waals surface area contributed by atoms with Crippen LogP contribution in [0.15, 0.2) is 53.7 Å². The predicted octanol–water partition coefficient (Wildman–Crippen LogP) is 2.33. The molecule has 2 aliphatic rings. The maximum absolute atomic E-state index is 10.5. The van der Waals surface area contributed by atoms with E-state index >= 15 is 0 Å². The molecule has 4 nitrogen and oxygen atoms in total. The lowest BCUT2D eigenvalue weighted by molar-refractivity contribution is -0.142. The summed E-state index contributed by atoms with van der Waals surface area (Å²) in [6.07, 6.45) is 8.23. The molecule has 96 valence electrons. The van der Waals surface area contributed by atoms with Gasteiger partial charge in [0.05, 0.1) is 5.71 Å². The van der Waals surface area contributed by atoms with Crippen LogP contribution in [0.5, 0.6) is 0 Å². The van der Waals surface area contributed by atoms with Crippen LogP contribution < -0.4 is 0 Å². The molecular formula is C15H13NO3. The summed E-state index contributed by atoms with van der Waals surface area (Å²) in [5, 5.41) is 12.6. The summed E-state index contributed by atoms with van der Waals surface area (Å²) in [7, 11) is 0. The maximum Gasteiger partial charge on any atom is 0.344 e. The monoisotopic (exact) mass is 255 g/mol. The average Bonchev–Trinajstić information content (AvgIpc) is 2.74. The first kappa shape index (κ1) is 11.7. The Labute approximate surface area is 110 Å². The number of carboxylic acids is 1. The molecule has 2 aliphatic carbocycles. The molecule has 3 rings (SSSR count). The van der Waals surface area contributed by atoms with Crippen LogP contribution in [-0.2, 0) is 9.63 Å². The summed E-state index contributed by atoms with van der Waals surface area (Å²) in [5.74, 6) is -0.615. The molecule has 2 unspecified atom stereocenters. The first-order valence-electron chi connectivity index (χ1n) is 6.13. The lowest BCUT2D eigenvalue weighted by Crippen LogP contribution is -2.14. The van der Waals surface area contributed by atoms with Gasteiger partial charge in [0.25, 0.3) is 0 Å². The van der Waals surface area contributed by atoms with Crippen molar-refractivity contribution in [3.63, 3.8) is 0 Å². The minimum atomic E-state index is -1.02. The summed E-state index contributed by atoms with van der Waals surface area (Å²) in [4.78, 5) is 15.4. The first-order valence-corrected chi connectivity index (χ1v) is 6.13. The Kier molecular flexibility index (Phi) is 2.91. The SMILES string of the molecule is O=C(O)CON=C1c2ccccc2C2C=CC=CC12. The van der Waals surface area contributed by atoms with Gasteiger partial charge in [-0.05, 0) is 5.56 Å². The molecule has 1 aromatic carbocycles. The molecule has 0 aliphatic heterocycles. The van der Waals surface area contributed by atoms with Crippen LogP contribution in [0.2, 0.25) is 0 Å². The molecule has 2 atom stereocenters. The van der Waals surface area contributed by atoms with E-state index in [-0.39, 0.29) is 11.8 Å². The lowest BCUT2D eigenvalue weighted by Gasteiger charge is -2.15. The van der Waals surface area contributed by atoms with Crippen LogP contribution in [0.3, 0.4) is 0 Å². The van der Waals surface area contributed by atoms with Crippen LogP contribution >= 0.6 is 0 Å². The Balaban J connectivity index is 1.97. The van der Waals surface area contributed by atoms with E-state index in [1.807, 2.05) is 30.4 Å². The molecule has 0 fully saturated rings. The zero-order chi connectivity index (χ0) is 13.2. The molecular weight excluding hydrogens is 242 g/mol. The van der Waals surface area contributed by atoms with Crippen LogP contribution in [0, 0.1) is 5.92 Å². The number of hydrogen-bond donors (Lipinski definition) is 1. The van der Waals surface area contributed by atoms with E-state index in [1.54, 1.807) is 0 Å². The minimum Gasteiger partial charge on any atom is -0.479 e. The quantitative estimate of drug-likeness (QED) is 0.843. The molecule has 0 spiro atoms. The Morgan fingerprint density at radius 3 is 2.74 bits per heavy atom. The third-order valence-corrected chi connectivity index (χ3v) is 3.40. The number of oxime groups is 1. The highest BCUT2D eigenvalue weighted by molar-refractivity contribution is 6.08. The topological polar surface area (TPSA) is 58.9 Å². The Bertz CT molecular complexity index is 601. The molecule has 0 radical (unpaired) electrons. The smallest absolute Gasteiger partial charge is 0.344 e. The van der Waals surface area contributed by atoms with Gasteiger partial charge >= 0.3 is 5.97 Å². The van der Waals surface area contributed by atoms with Gasteiger partial charge in [-0.1, -0.05) is 53.7 Å². The number of benzene rings is 1. The zero-order valence-electron chi connectivity index (χ0n) is 10.2. The van der Waals surface area contributed by atoms with Gasteiger partial charge in [0, 0.05) is 17.4 Å². The molecule has 0 bridgehead atoms. The molecule has 19 heavy (non-hydrogen) atoms. The van der Waals surface area contributed by atoms with Gasteiger partial charge in [-0.25, -0.2) is 4.79 Å². The first-order chi connectivity index (χ1) is 9.27. The van der Waals surface area contributed by atoms with Crippen LogP contribution in [0.1, 0.15) is 17.0 Å². The fourth-order valence-corrected chi connectivity index (χ4v) is 2.63. The lowest BCUT2D eigenvalue weighted by atomic mass is 9.88. The molecule has 1 N–H and O–H groups in total. The van der Waals surface area contributed by atoms with E-state index in [4.69, 9.17) is 9.94 Å². The van der Waals surface area contributed by atoms with E-state index in [1.165, 1.54) is 5.56 Å². The Hall–Kier alpha value is -2.36. The van der Waals surface area contributed by atoms with Crippen molar-refractivity contribution in [3.8, 4) is 0 Å². The molecule has 4 heteroatoms. The highest BCUT2D eigenvalue weighted by Crippen LogP contribution is 2.41. The molecule has 1 aromatic rings. The van der Waals surface area contributed by atoms with Crippen LogP contribution in [-0.4, -0.2) is 23.4 Å². The van der Waals surface area contributed by atoms with E-state index in [0.717, 1.165) is 11.3 Å². The highest BCUT2D eigenvalue weighted by atomic mass is 16.6. The van der Waals surface area contributed by atoms with Gasteiger partial charge in [-0.2, -0.15) is 0 Å². The second-order valence-corrected chi connectivity index (χ2v) is 4.55. The van der Waals surface area contributed by atoms with Crippen molar-refractivity contribution in [2.75, 3.05) is 6.61 Å². The standard InChI is InChI=1S/C15H13NO3/c17-14(18)9-19-16-15-12-7-3-1-5-10(12)11-6-2-4-8-13(11)15/h1-8,10,12H,9H2,(H,17,18). The summed E-state index contributed by atoms with van der Waals surface area (Å²) in [6.45, 7) is -0.414. The van der Waals surface area contributed by atoms with Gasteiger partial charge < -0.3 is 9.94 Å². The van der Waals surface area contributed by atoms with E-state index < -0.39 is 12.6 Å². The summed E-state index contributed by atoms with van der Waals surface area (Å²) in [6, 6.07) is 8.04. The highest BCUT2D eigenvalue weighted by Gasteiger charge is 2.36. The van der Waals surface area contributed by atoms with Gasteiger partial charge in [-0.3, -0.25) is 0 Å². The number of nitrogens with zero attached hydrogens (tertiary/aromatic N) is 1. The number of carboxylic acid groups (broad SMARTS) is 1. The Morgan fingerprint density at radius 2 is 1.95 bits per heavy atom. The van der Waals surface area contributed by atoms with Crippen molar-refractivity contribution in [2.45, 2.75) is 5.92 Å². The van der Waals surface area contributed by atoms with Gasteiger partial charge in [0.2, 0.25) is 6.61 Å². The summed E-state index contributed by atoms with van der Waals surface area (Å²) in [5.41, 5.74) is 3.06. The third kappa shape index (κ3) is 2.05. The number of hydrogen-bond acceptors (Lipinski definition) is 3. The average molecular weight is 255 g/mol. The van der Waals surface area contributed by atoms with Gasteiger partial charge in [0.15, 0.2) is 0 Å². The van der Waals surface area contributed by atoms with E-state index in [2.05, 4.69) is 23.4 Å². The van der Waals surface area contributed by atoms with Crippen molar-refractivity contribution in [1.29, 1.82) is 0 Å². The van der Waals surface area contributed by atoms with Crippen molar-refractivity contribution >= 4 is 11.7 Å². The van der Waals surface area contributed by atoms with Crippen molar-refractivity contribution in [3.05, 3.63) is 59.7 Å². The van der Waals surface area contributed by atoms with Crippen LogP contribution in [0.25, 0.3) is 0 Å². The van der Waals surface area contributed by atoms with Crippen molar-refractivity contribution in [1.82, 2.24) is 0 Å². The van der Waals surface area contributed by atoms with E-state index in [9.17, 15) is 4.79 Å². The van der Waals surface area contributed by atoms with Gasteiger partial charge in [0.1, 0.15) is 0 Å². The van der Waals surface area contributed by atoms with Crippen molar-refractivity contribution < 1.29 is 14.7 Å². The molecule has 0 saturated carbocycles. The van der Waals surface area contributed by atoms with Crippen LogP contribution in [0.4, 0.5) is 0 Å². The maximum atomic E-state index is 10.5. The third-order valence-electron chi connectivity index (χ3n) is 3.40.